The third kappa shape index (κ3) is 1.54. The highest BCUT2D eigenvalue weighted by atomic mass is 19.1. The Labute approximate surface area is 115 Å². The Morgan fingerprint density at radius 1 is 1.05 bits per heavy atom. The van der Waals surface area contributed by atoms with E-state index in [9.17, 15) is 4.39 Å². The lowest BCUT2D eigenvalue weighted by atomic mass is 10.1. The number of ether oxygens (including phenoxy) is 1. The number of halogens is 1. The van der Waals surface area contributed by atoms with Gasteiger partial charge in [0.1, 0.15) is 17.4 Å². The van der Waals surface area contributed by atoms with Gasteiger partial charge in [0.25, 0.3) is 0 Å². The molecule has 0 saturated carbocycles. The molecule has 2 heterocycles. The van der Waals surface area contributed by atoms with Crippen molar-refractivity contribution in [3.05, 3.63) is 60.5 Å². The highest BCUT2D eigenvalue weighted by Gasteiger charge is 2.24. The van der Waals surface area contributed by atoms with Gasteiger partial charge >= 0.3 is 0 Å². The van der Waals surface area contributed by atoms with Crippen LogP contribution in [0, 0.1) is 5.82 Å². The number of imidazole rings is 1. The molecule has 0 N–H and O–H groups in total. The van der Waals surface area contributed by atoms with Gasteiger partial charge in [0.05, 0.1) is 17.5 Å². The lowest BCUT2D eigenvalue weighted by Crippen LogP contribution is -2.14. The zero-order valence-electron chi connectivity index (χ0n) is 10.6. The van der Waals surface area contributed by atoms with Gasteiger partial charge in [-0.15, -0.1) is 0 Å². The molecular formula is C16H11FN2O. The third-order valence-electron chi connectivity index (χ3n) is 3.47. The Morgan fingerprint density at radius 3 is 2.75 bits per heavy atom. The van der Waals surface area contributed by atoms with Crippen molar-refractivity contribution in [2.24, 2.45) is 0 Å². The molecule has 2 aromatic carbocycles. The van der Waals surface area contributed by atoms with E-state index in [0.717, 1.165) is 11.3 Å². The van der Waals surface area contributed by atoms with Crippen molar-refractivity contribution in [3.63, 3.8) is 0 Å². The molecule has 1 aliphatic heterocycles. The summed E-state index contributed by atoms with van der Waals surface area (Å²) in [6.07, 6.45) is 1.76. The van der Waals surface area contributed by atoms with Gasteiger partial charge in [0, 0.05) is 0 Å². The highest BCUT2D eigenvalue weighted by molar-refractivity contribution is 5.71. The number of hydrogen-bond donors (Lipinski definition) is 0. The summed E-state index contributed by atoms with van der Waals surface area (Å²) < 4.78 is 21.6. The monoisotopic (exact) mass is 266 g/mol. The fraction of sp³-hybridized carbons (Fsp3) is 0.0625. The van der Waals surface area contributed by atoms with E-state index in [0.29, 0.717) is 23.9 Å². The second-order valence-corrected chi connectivity index (χ2v) is 4.65. The van der Waals surface area contributed by atoms with Crippen LogP contribution < -0.4 is 4.74 Å². The van der Waals surface area contributed by atoms with Crippen LogP contribution in [0.25, 0.3) is 22.6 Å². The average molecular weight is 266 g/mol. The minimum absolute atomic E-state index is 0.311. The molecule has 1 aromatic heterocycles. The van der Waals surface area contributed by atoms with E-state index in [1.807, 2.05) is 34.9 Å². The fourth-order valence-electron chi connectivity index (χ4n) is 2.52. The maximum atomic E-state index is 14.0. The van der Waals surface area contributed by atoms with Crippen LogP contribution in [-0.2, 0) is 6.73 Å². The summed E-state index contributed by atoms with van der Waals surface area (Å²) in [6, 6.07) is 14.7. The number of rotatable bonds is 1. The Hall–Kier alpha value is -2.62. The first-order valence-electron chi connectivity index (χ1n) is 6.37. The van der Waals surface area contributed by atoms with Crippen molar-refractivity contribution >= 4 is 0 Å². The first-order valence-corrected chi connectivity index (χ1v) is 6.37. The van der Waals surface area contributed by atoms with Crippen molar-refractivity contribution in [2.45, 2.75) is 6.73 Å². The summed E-state index contributed by atoms with van der Waals surface area (Å²) in [5.74, 6) is 0.847. The summed E-state index contributed by atoms with van der Waals surface area (Å²) >= 11 is 0. The van der Waals surface area contributed by atoms with Gasteiger partial charge in [-0.2, -0.15) is 0 Å². The quantitative estimate of drug-likeness (QED) is 0.671. The zero-order chi connectivity index (χ0) is 13.5. The van der Waals surface area contributed by atoms with Gasteiger partial charge in [-0.05, 0) is 17.7 Å². The smallest absolute Gasteiger partial charge is 0.167 e. The Bertz CT molecular complexity index is 780. The minimum atomic E-state index is -0.311. The molecule has 3 nitrogen and oxygen atoms in total. The van der Waals surface area contributed by atoms with E-state index < -0.39 is 0 Å². The van der Waals surface area contributed by atoms with Crippen LogP contribution >= 0.6 is 0 Å². The average Bonchev–Trinajstić information content (AvgIpc) is 2.92. The van der Waals surface area contributed by atoms with Crippen LogP contribution in [0.15, 0.2) is 54.7 Å². The molecule has 0 aliphatic carbocycles. The van der Waals surface area contributed by atoms with Crippen LogP contribution in [0.5, 0.6) is 5.75 Å². The second kappa shape index (κ2) is 4.20. The number of hydrogen-bond acceptors (Lipinski definition) is 2. The summed E-state index contributed by atoms with van der Waals surface area (Å²) in [5, 5.41) is 0. The lowest BCUT2D eigenvalue weighted by molar-refractivity contribution is 0.230. The van der Waals surface area contributed by atoms with Crippen LogP contribution in [0.3, 0.4) is 0 Å². The van der Waals surface area contributed by atoms with E-state index in [1.165, 1.54) is 6.07 Å². The maximum Gasteiger partial charge on any atom is 0.167 e. The SMILES string of the molecule is Fc1cccc2c1-c1ncc(-c3ccccc3)n1CO2. The predicted octanol–water partition coefficient (Wildman–Crippen LogP) is 3.71. The Kier molecular flexibility index (Phi) is 2.36. The first kappa shape index (κ1) is 11.2. The summed E-state index contributed by atoms with van der Waals surface area (Å²) in [5.41, 5.74) is 2.39. The lowest BCUT2D eigenvalue weighted by Gasteiger charge is -2.21. The molecule has 0 saturated heterocycles. The number of aromatic nitrogens is 2. The zero-order valence-corrected chi connectivity index (χ0v) is 10.6. The molecule has 3 aromatic rings. The van der Waals surface area contributed by atoms with Gasteiger partial charge in [0.15, 0.2) is 6.73 Å². The summed E-state index contributed by atoms with van der Waals surface area (Å²) in [6.45, 7) is 0.343. The van der Waals surface area contributed by atoms with E-state index in [4.69, 9.17) is 4.74 Å². The molecule has 20 heavy (non-hydrogen) atoms. The van der Waals surface area contributed by atoms with E-state index in [2.05, 4.69) is 4.98 Å². The molecule has 0 fully saturated rings. The van der Waals surface area contributed by atoms with Crippen molar-refractivity contribution in [1.82, 2.24) is 9.55 Å². The topological polar surface area (TPSA) is 27.1 Å². The van der Waals surface area contributed by atoms with Gasteiger partial charge in [-0.3, -0.25) is 4.57 Å². The number of benzene rings is 2. The van der Waals surface area contributed by atoms with Crippen molar-refractivity contribution in [2.75, 3.05) is 0 Å². The fourth-order valence-corrected chi connectivity index (χ4v) is 2.52. The van der Waals surface area contributed by atoms with E-state index in [1.54, 1.807) is 18.3 Å². The van der Waals surface area contributed by atoms with E-state index >= 15 is 0 Å². The molecular weight excluding hydrogens is 255 g/mol. The first-order chi connectivity index (χ1) is 9.84. The molecule has 0 spiro atoms. The molecule has 0 radical (unpaired) electrons. The predicted molar refractivity (Wildman–Crippen MR) is 73.7 cm³/mol. The molecule has 0 amide bonds. The Morgan fingerprint density at radius 2 is 1.90 bits per heavy atom. The van der Waals surface area contributed by atoms with E-state index in [-0.39, 0.29) is 5.82 Å². The van der Waals surface area contributed by atoms with Crippen LogP contribution in [-0.4, -0.2) is 9.55 Å². The minimum Gasteiger partial charge on any atom is -0.472 e. The van der Waals surface area contributed by atoms with Crippen LogP contribution in [0.1, 0.15) is 0 Å². The molecule has 98 valence electrons. The van der Waals surface area contributed by atoms with Crippen molar-refractivity contribution in [3.8, 4) is 28.4 Å². The van der Waals surface area contributed by atoms with Gasteiger partial charge < -0.3 is 4.74 Å². The highest BCUT2D eigenvalue weighted by Crippen LogP contribution is 2.37. The number of nitrogens with zero attached hydrogens (tertiary/aromatic N) is 2. The molecule has 4 rings (SSSR count). The molecule has 0 atom stereocenters. The van der Waals surface area contributed by atoms with Crippen molar-refractivity contribution < 1.29 is 9.13 Å². The summed E-state index contributed by atoms with van der Waals surface area (Å²) in [7, 11) is 0. The number of fused-ring (bicyclic) bond motifs is 3. The summed E-state index contributed by atoms with van der Waals surface area (Å²) in [4.78, 5) is 4.38. The maximum absolute atomic E-state index is 14.0. The molecule has 4 heteroatoms. The molecule has 0 unspecified atom stereocenters. The van der Waals surface area contributed by atoms with Gasteiger partial charge in [-0.1, -0.05) is 36.4 Å². The third-order valence-corrected chi connectivity index (χ3v) is 3.47. The van der Waals surface area contributed by atoms with Crippen LogP contribution in [0.4, 0.5) is 4.39 Å². The van der Waals surface area contributed by atoms with Gasteiger partial charge in [0.2, 0.25) is 0 Å². The second-order valence-electron chi connectivity index (χ2n) is 4.65. The van der Waals surface area contributed by atoms with Crippen molar-refractivity contribution in [1.29, 1.82) is 0 Å². The Balaban J connectivity index is 1.93. The standard InChI is InChI=1S/C16H11FN2O/c17-12-7-4-8-14-15(12)16-18-9-13(19(16)10-20-14)11-5-2-1-3-6-11/h1-9H,10H2. The van der Waals surface area contributed by atoms with Crippen LogP contribution in [0.2, 0.25) is 0 Å². The largest absolute Gasteiger partial charge is 0.472 e. The normalized spacial score (nSPS) is 12.4. The van der Waals surface area contributed by atoms with Gasteiger partial charge in [-0.25, -0.2) is 9.37 Å². The molecule has 0 bridgehead atoms. The molecule has 1 aliphatic rings.